The normalized spacial score (nSPS) is 11.5. The van der Waals surface area contributed by atoms with Gasteiger partial charge in [-0.25, -0.2) is 9.67 Å². The van der Waals surface area contributed by atoms with E-state index in [0.29, 0.717) is 18.0 Å². The number of ether oxygens (including phenoxy) is 1. The highest BCUT2D eigenvalue weighted by Crippen LogP contribution is 2.29. The van der Waals surface area contributed by atoms with Gasteiger partial charge in [0.2, 0.25) is 0 Å². The smallest absolute Gasteiger partial charge is 0.151 e. The maximum atomic E-state index is 10.1. The summed E-state index contributed by atoms with van der Waals surface area (Å²) < 4.78 is 9.53. The van der Waals surface area contributed by atoms with Crippen LogP contribution < -0.4 is 4.74 Å². The van der Waals surface area contributed by atoms with Gasteiger partial charge in [-0.05, 0) is 61.0 Å². The maximum Gasteiger partial charge on any atom is 0.151 e. The van der Waals surface area contributed by atoms with Gasteiger partial charge in [-0.1, -0.05) is 37.3 Å². The summed E-state index contributed by atoms with van der Waals surface area (Å²) in [4.78, 5) is 4.72. The molecule has 35 heavy (non-hydrogen) atoms. The molecule has 0 radical (unpaired) electrons. The molecule has 3 aromatic carbocycles. The van der Waals surface area contributed by atoms with Crippen molar-refractivity contribution in [3.05, 3.63) is 96.4 Å². The number of nitriles is 1. The minimum absolute atomic E-state index is 0.473. The van der Waals surface area contributed by atoms with Crippen molar-refractivity contribution in [1.29, 1.82) is 5.26 Å². The largest absolute Gasteiger partial charge is 0.494 e. The topological polar surface area (TPSA) is 68.7 Å². The Labute approximate surface area is 204 Å². The van der Waals surface area contributed by atoms with Gasteiger partial charge in [0.05, 0.1) is 34.6 Å². The number of imidazole rings is 1. The predicted molar refractivity (Wildman–Crippen MR) is 139 cm³/mol. The van der Waals surface area contributed by atoms with Crippen LogP contribution in [0.1, 0.15) is 24.7 Å². The van der Waals surface area contributed by atoms with E-state index < -0.39 is 0 Å². The molecule has 0 unspecified atom stereocenters. The van der Waals surface area contributed by atoms with Crippen molar-refractivity contribution < 1.29 is 4.74 Å². The molecule has 2 heterocycles. The number of allylic oxidation sites excluding steroid dienone is 1. The zero-order valence-corrected chi connectivity index (χ0v) is 19.7. The van der Waals surface area contributed by atoms with Crippen molar-refractivity contribution in [2.24, 2.45) is 7.05 Å². The van der Waals surface area contributed by atoms with Gasteiger partial charge in [0.15, 0.2) is 5.82 Å². The molecule has 0 aliphatic heterocycles. The molecule has 6 nitrogen and oxygen atoms in total. The predicted octanol–water partition coefficient (Wildman–Crippen LogP) is 6.28. The zero-order chi connectivity index (χ0) is 24.2. The van der Waals surface area contributed by atoms with Crippen molar-refractivity contribution in [2.45, 2.75) is 13.3 Å². The number of nitrogens with zero attached hydrogens (tertiary/aromatic N) is 5. The second kappa shape index (κ2) is 9.70. The summed E-state index contributed by atoms with van der Waals surface area (Å²) >= 11 is 0. The molecule has 0 amide bonds. The molecule has 0 fully saturated rings. The molecule has 0 saturated heterocycles. The fourth-order valence-corrected chi connectivity index (χ4v) is 4.05. The molecule has 172 valence electrons. The van der Waals surface area contributed by atoms with Gasteiger partial charge in [-0.2, -0.15) is 10.4 Å². The van der Waals surface area contributed by atoms with Crippen LogP contribution in [-0.2, 0) is 7.05 Å². The molecule has 5 aromatic rings. The van der Waals surface area contributed by atoms with Crippen LogP contribution in [0.2, 0.25) is 0 Å². The number of fused-ring (bicyclic) bond motifs is 1. The lowest BCUT2D eigenvalue weighted by molar-refractivity contribution is 0.317. The minimum Gasteiger partial charge on any atom is -0.494 e. The Balaban J connectivity index is 1.62. The number of aromatic nitrogens is 4. The van der Waals surface area contributed by atoms with Crippen molar-refractivity contribution in [3.63, 3.8) is 0 Å². The van der Waals surface area contributed by atoms with Gasteiger partial charge in [0.25, 0.3) is 0 Å². The molecule has 6 heteroatoms. The molecule has 0 aliphatic carbocycles. The fraction of sp³-hybridized carbons (Fsp3) is 0.138. The van der Waals surface area contributed by atoms with E-state index in [1.807, 2.05) is 107 Å². The van der Waals surface area contributed by atoms with Crippen molar-refractivity contribution in [1.82, 2.24) is 19.3 Å². The van der Waals surface area contributed by atoms with E-state index in [1.165, 1.54) is 0 Å². The van der Waals surface area contributed by atoms with Gasteiger partial charge >= 0.3 is 0 Å². The summed E-state index contributed by atoms with van der Waals surface area (Å²) in [6.07, 6.45) is 4.77. The lowest BCUT2D eigenvalue weighted by Crippen LogP contribution is -1.96. The number of aryl methyl sites for hydroxylation is 1. The maximum absolute atomic E-state index is 10.1. The molecule has 0 bridgehead atoms. The van der Waals surface area contributed by atoms with E-state index in [9.17, 15) is 5.26 Å². The third kappa shape index (κ3) is 4.44. The Kier molecular flexibility index (Phi) is 6.15. The zero-order valence-electron chi connectivity index (χ0n) is 19.7. The van der Waals surface area contributed by atoms with Gasteiger partial charge in [-0.15, -0.1) is 0 Å². The molecular weight excluding hydrogens is 434 g/mol. The van der Waals surface area contributed by atoms with Crippen LogP contribution in [0, 0.1) is 11.3 Å². The van der Waals surface area contributed by atoms with Crippen LogP contribution in [0.4, 0.5) is 0 Å². The van der Waals surface area contributed by atoms with E-state index in [2.05, 4.69) is 13.0 Å². The number of benzene rings is 3. The van der Waals surface area contributed by atoms with Crippen LogP contribution in [0.3, 0.4) is 0 Å². The van der Waals surface area contributed by atoms with Gasteiger partial charge < -0.3 is 9.30 Å². The van der Waals surface area contributed by atoms with Crippen LogP contribution in [0.15, 0.2) is 85.1 Å². The van der Waals surface area contributed by atoms with Crippen LogP contribution in [0.5, 0.6) is 5.75 Å². The molecule has 0 saturated carbocycles. The Bertz CT molecular complexity index is 1540. The number of rotatable bonds is 7. The summed E-state index contributed by atoms with van der Waals surface area (Å²) in [6.45, 7) is 2.76. The quantitative estimate of drug-likeness (QED) is 0.269. The summed E-state index contributed by atoms with van der Waals surface area (Å²) in [5, 5.41) is 15.0. The van der Waals surface area contributed by atoms with E-state index in [4.69, 9.17) is 14.8 Å². The molecular formula is C29H25N5O. The average Bonchev–Trinajstić information content (AvgIpc) is 3.48. The first kappa shape index (κ1) is 22.2. The van der Waals surface area contributed by atoms with Crippen LogP contribution in [-0.4, -0.2) is 25.9 Å². The van der Waals surface area contributed by atoms with E-state index in [1.54, 1.807) is 0 Å². The van der Waals surface area contributed by atoms with E-state index in [0.717, 1.165) is 45.7 Å². The van der Waals surface area contributed by atoms with Crippen LogP contribution in [0.25, 0.3) is 39.6 Å². The van der Waals surface area contributed by atoms with Crippen LogP contribution >= 0.6 is 0 Å². The summed E-state index contributed by atoms with van der Waals surface area (Å²) in [7, 11) is 1.93. The standard InChI is InChI=1S/C29H25N5O/c1-3-17-35-25-15-13-21(14-16-25)28-23(20-34(32-28)24-9-5-4-6-10-24)18-22(19-30)29-31-26-11-7-8-12-27(26)33(29)2/h4-16,18,20H,3,17H2,1-2H3. The minimum atomic E-state index is 0.473. The Morgan fingerprint density at radius 1 is 1.00 bits per heavy atom. The molecule has 0 aliphatic rings. The monoisotopic (exact) mass is 459 g/mol. The van der Waals surface area contributed by atoms with Gasteiger partial charge in [0, 0.05) is 24.4 Å². The van der Waals surface area contributed by atoms with E-state index in [-0.39, 0.29) is 0 Å². The highest BCUT2D eigenvalue weighted by atomic mass is 16.5. The second-order valence-corrected chi connectivity index (χ2v) is 8.24. The van der Waals surface area contributed by atoms with Crippen molar-refractivity contribution in [2.75, 3.05) is 6.61 Å². The lowest BCUT2D eigenvalue weighted by Gasteiger charge is -2.06. The first-order chi connectivity index (χ1) is 17.2. The summed E-state index contributed by atoms with van der Waals surface area (Å²) in [6, 6.07) is 28.1. The molecule has 0 N–H and O–H groups in total. The first-order valence-corrected chi connectivity index (χ1v) is 11.6. The number of para-hydroxylation sites is 3. The lowest BCUT2D eigenvalue weighted by atomic mass is 10.1. The third-order valence-electron chi connectivity index (χ3n) is 5.81. The average molecular weight is 460 g/mol. The molecule has 0 spiro atoms. The molecule has 5 rings (SSSR count). The van der Waals surface area contributed by atoms with E-state index >= 15 is 0 Å². The van der Waals surface area contributed by atoms with Crippen molar-refractivity contribution in [3.8, 4) is 28.8 Å². The van der Waals surface area contributed by atoms with Crippen molar-refractivity contribution >= 4 is 22.7 Å². The number of hydrogen-bond donors (Lipinski definition) is 0. The summed E-state index contributed by atoms with van der Waals surface area (Å²) in [5.41, 5.74) is 5.80. The van der Waals surface area contributed by atoms with Gasteiger partial charge in [0.1, 0.15) is 11.8 Å². The summed E-state index contributed by atoms with van der Waals surface area (Å²) in [5.74, 6) is 1.45. The van der Waals surface area contributed by atoms with Gasteiger partial charge in [-0.3, -0.25) is 0 Å². The fourth-order valence-electron chi connectivity index (χ4n) is 4.05. The Hall–Kier alpha value is -4.63. The molecule has 2 aromatic heterocycles. The second-order valence-electron chi connectivity index (χ2n) is 8.24. The SMILES string of the molecule is CCCOc1ccc(-c2nn(-c3ccccc3)cc2C=C(C#N)c2nc3ccccc3n2C)cc1. The highest BCUT2D eigenvalue weighted by molar-refractivity contribution is 5.93. The number of hydrogen-bond acceptors (Lipinski definition) is 4. The first-order valence-electron chi connectivity index (χ1n) is 11.6. The Morgan fingerprint density at radius 2 is 1.74 bits per heavy atom. The molecule has 0 atom stereocenters. The highest BCUT2D eigenvalue weighted by Gasteiger charge is 2.16. The third-order valence-corrected chi connectivity index (χ3v) is 5.81. The Morgan fingerprint density at radius 3 is 2.46 bits per heavy atom.